The molecule has 2 heterocycles. The molecule has 0 unspecified atom stereocenters. The van der Waals surface area contributed by atoms with Crippen molar-refractivity contribution in [1.29, 1.82) is 0 Å². The average Bonchev–Trinajstić information content (AvgIpc) is 2.97. The zero-order valence-corrected chi connectivity index (χ0v) is 13.6. The summed E-state index contributed by atoms with van der Waals surface area (Å²) in [6.07, 6.45) is 0. The van der Waals surface area contributed by atoms with Gasteiger partial charge in [-0.2, -0.15) is 0 Å². The number of nitrogens with zero attached hydrogens (tertiary/aromatic N) is 3. The smallest absolute Gasteiger partial charge is 0.233 e. The molecule has 2 N–H and O–H groups in total. The predicted octanol–water partition coefficient (Wildman–Crippen LogP) is 0.435. The van der Waals surface area contributed by atoms with Gasteiger partial charge < -0.3 is 15.0 Å². The molecule has 0 spiro atoms. The van der Waals surface area contributed by atoms with Crippen LogP contribution in [-0.2, 0) is 11.3 Å². The zero-order valence-electron chi connectivity index (χ0n) is 13.6. The fourth-order valence-electron chi connectivity index (χ4n) is 2.84. The van der Waals surface area contributed by atoms with E-state index in [0.717, 1.165) is 55.3 Å². The second kappa shape index (κ2) is 6.97. The maximum atomic E-state index is 11.4. The van der Waals surface area contributed by atoms with Crippen LogP contribution in [0.25, 0.3) is 11.0 Å². The molecule has 0 saturated carbocycles. The molecule has 0 bridgehead atoms. The number of rotatable bonds is 5. The van der Waals surface area contributed by atoms with Crippen molar-refractivity contribution in [2.24, 2.45) is 0 Å². The highest BCUT2D eigenvalue weighted by atomic mass is 16.5. The lowest BCUT2D eigenvalue weighted by Crippen LogP contribution is -2.48. The van der Waals surface area contributed by atoms with E-state index in [4.69, 9.17) is 4.74 Å². The molecule has 1 aromatic carbocycles. The summed E-state index contributed by atoms with van der Waals surface area (Å²) < 4.78 is 5.24. The molecule has 1 saturated heterocycles. The molecule has 1 aliphatic rings. The normalized spacial score (nSPS) is 16.6. The maximum Gasteiger partial charge on any atom is 0.233 e. The quantitative estimate of drug-likeness (QED) is 0.837. The van der Waals surface area contributed by atoms with Crippen LogP contribution in [0.3, 0.4) is 0 Å². The summed E-state index contributed by atoms with van der Waals surface area (Å²) in [5.74, 6) is 1.87. The van der Waals surface area contributed by atoms with Gasteiger partial charge in [0.05, 0.1) is 31.2 Å². The third-order valence-corrected chi connectivity index (χ3v) is 4.22. The molecule has 0 radical (unpaired) electrons. The first-order chi connectivity index (χ1) is 11.2. The van der Waals surface area contributed by atoms with Crippen LogP contribution < -0.4 is 10.1 Å². The summed E-state index contributed by atoms with van der Waals surface area (Å²) in [7, 11) is 3.34. The lowest BCUT2D eigenvalue weighted by molar-refractivity contribution is -0.122. The highest BCUT2D eigenvalue weighted by Crippen LogP contribution is 2.19. The van der Waals surface area contributed by atoms with Gasteiger partial charge in [-0.25, -0.2) is 4.98 Å². The van der Waals surface area contributed by atoms with Gasteiger partial charge in [-0.1, -0.05) is 0 Å². The van der Waals surface area contributed by atoms with E-state index in [1.165, 1.54) is 0 Å². The van der Waals surface area contributed by atoms with Crippen LogP contribution in [0.5, 0.6) is 5.75 Å². The Labute approximate surface area is 135 Å². The van der Waals surface area contributed by atoms with E-state index in [1.807, 2.05) is 18.2 Å². The van der Waals surface area contributed by atoms with Crippen LogP contribution in [0.2, 0.25) is 0 Å². The lowest BCUT2D eigenvalue weighted by Gasteiger charge is -2.33. The Balaban J connectivity index is 1.57. The van der Waals surface area contributed by atoms with Gasteiger partial charge in [0.1, 0.15) is 11.6 Å². The van der Waals surface area contributed by atoms with Crippen LogP contribution >= 0.6 is 0 Å². The van der Waals surface area contributed by atoms with E-state index in [0.29, 0.717) is 6.54 Å². The fourth-order valence-corrected chi connectivity index (χ4v) is 2.84. The minimum atomic E-state index is 0.0738. The number of piperazine rings is 1. The standard InChI is InChI=1S/C16H23N5O2/c1-17-16(22)11-21-7-5-20(6-8-21)10-15-18-13-4-3-12(23-2)9-14(13)19-15/h3-4,9H,5-8,10-11H2,1-2H3,(H,17,22)(H,18,19). The molecule has 7 nitrogen and oxygen atoms in total. The number of hydrogen-bond donors (Lipinski definition) is 2. The molecular formula is C16H23N5O2. The number of imidazole rings is 1. The van der Waals surface area contributed by atoms with Gasteiger partial charge in [-0.15, -0.1) is 0 Å². The molecule has 3 rings (SSSR count). The molecule has 1 fully saturated rings. The first-order valence-electron chi connectivity index (χ1n) is 7.86. The van der Waals surface area contributed by atoms with E-state index >= 15 is 0 Å². The minimum Gasteiger partial charge on any atom is -0.497 e. The third kappa shape index (κ3) is 3.80. The molecule has 0 atom stereocenters. The summed E-state index contributed by atoms with van der Waals surface area (Å²) in [5, 5.41) is 2.67. The number of carbonyl (C=O) groups is 1. The number of hydrogen-bond acceptors (Lipinski definition) is 5. The van der Waals surface area contributed by atoms with E-state index < -0.39 is 0 Å². The number of likely N-dealkylation sites (N-methyl/N-ethyl adjacent to an activating group) is 1. The van der Waals surface area contributed by atoms with Gasteiger partial charge in [0.15, 0.2) is 0 Å². The number of H-pyrrole nitrogens is 1. The second-order valence-electron chi connectivity index (χ2n) is 5.79. The van der Waals surface area contributed by atoms with Crippen molar-refractivity contribution in [3.63, 3.8) is 0 Å². The van der Waals surface area contributed by atoms with Gasteiger partial charge >= 0.3 is 0 Å². The van der Waals surface area contributed by atoms with Gasteiger partial charge in [0.25, 0.3) is 0 Å². The number of carbonyl (C=O) groups excluding carboxylic acids is 1. The lowest BCUT2D eigenvalue weighted by atomic mass is 10.3. The van der Waals surface area contributed by atoms with E-state index in [1.54, 1.807) is 14.2 Å². The van der Waals surface area contributed by atoms with Gasteiger partial charge in [-0.05, 0) is 12.1 Å². The van der Waals surface area contributed by atoms with Gasteiger partial charge in [0, 0.05) is 39.3 Å². The van der Waals surface area contributed by atoms with Crippen molar-refractivity contribution < 1.29 is 9.53 Å². The Morgan fingerprint density at radius 3 is 2.74 bits per heavy atom. The molecular weight excluding hydrogens is 294 g/mol. The number of nitrogens with one attached hydrogen (secondary N) is 2. The van der Waals surface area contributed by atoms with Gasteiger partial charge in [0.2, 0.25) is 5.91 Å². The molecule has 2 aromatic rings. The van der Waals surface area contributed by atoms with Crippen molar-refractivity contribution in [3.8, 4) is 5.75 Å². The summed E-state index contributed by atoms with van der Waals surface area (Å²) in [6, 6.07) is 5.85. The number of amides is 1. The van der Waals surface area contributed by atoms with Crippen molar-refractivity contribution >= 4 is 16.9 Å². The average molecular weight is 317 g/mol. The fraction of sp³-hybridized carbons (Fsp3) is 0.500. The second-order valence-corrected chi connectivity index (χ2v) is 5.79. The SMILES string of the molecule is CNC(=O)CN1CCN(Cc2nc3ccc(OC)cc3[nH]2)CC1. The first kappa shape index (κ1) is 15.8. The monoisotopic (exact) mass is 317 g/mol. The minimum absolute atomic E-state index is 0.0738. The summed E-state index contributed by atoms with van der Waals surface area (Å²) in [5.41, 5.74) is 1.96. The number of aromatic nitrogens is 2. The molecule has 1 aliphatic heterocycles. The molecule has 124 valence electrons. The van der Waals surface area contributed by atoms with Crippen molar-refractivity contribution in [3.05, 3.63) is 24.0 Å². The topological polar surface area (TPSA) is 73.5 Å². The number of fused-ring (bicyclic) bond motifs is 1. The number of aromatic amines is 1. The van der Waals surface area contributed by atoms with Crippen LogP contribution in [0.15, 0.2) is 18.2 Å². The first-order valence-corrected chi connectivity index (χ1v) is 7.86. The Morgan fingerprint density at radius 2 is 2.04 bits per heavy atom. The van der Waals surface area contributed by atoms with Crippen LogP contribution in [0.4, 0.5) is 0 Å². The van der Waals surface area contributed by atoms with E-state index in [2.05, 4.69) is 25.1 Å². The highest BCUT2D eigenvalue weighted by Gasteiger charge is 2.19. The Bertz CT molecular complexity index is 676. The van der Waals surface area contributed by atoms with Crippen molar-refractivity contribution in [2.45, 2.75) is 6.54 Å². The van der Waals surface area contributed by atoms with E-state index in [-0.39, 0.29) is 5.91 Å². The predicted molar refractivity (Wildman–Crippen MR) is 88.4 cm³/mol. The maximum absolute atomic E-state index is 11.4. The Hall–Kier alpha value is -2.12. The largest absolute Gasteiger partial charge is 0.497 e. The van der Waals surface area contributed by atoms with Crippen LogP contribution in [0.1, 0.15) is 5.82 Å². The van der Waals surface area contributed by atoms with E-state index in [9.17, 15) is 4.79 Å². The number of ether oxygens (including phenoxy) is 1. The summed E-state index contributed by atoms with van der Waals surface area (Å²) >= 11 is 0. The molecule has 1 aromatic heterocycles. The molecule has 23 heavy (non-hydrogen) atoms. The Kier molecular flexibility index (Phi) is 4.78. The summed E-state index contributed by atoms with van der Waals surface area (Å²) in [4.78, 5) is 23.9. The van der Waals surface area contributed by atoms with Crippen LogP contribution in [-0.4, -0.2) is 72.6 Å². The molecule has 1 amide bonds. The van der Waals surface area contributed by atoms with Crippen molar-refractivity contribution in [2.75, 3.05) is 46.9 Å². The number of methoxy groups -OCH3 is 1. The molecule has 0 aliphatic carbocycles. The van der Waals surface area contributed by atoms with Crippen LogP contribution in [0, 0.1) is 0 Å². The number of benzene rings is 1. The zero-order chi connectivity index (χ0) is 16.2. The highest BCUT2D eigenvalue weighted by molar-refractivity contribution is 5.77. The van der Waals surface area contributed by atoms with Gasteiger partial charge in [-0.3, -0.25) is 14.6 Å². The Morgan fingerprint density at radius 1 is 1.30 bits per heavy atom. The van der Waals surface area contributed by atoms with Crippen molar-refractivity contribution in [1.82, 2.24) is 25.1 Å². The third-order valence-electron chi connectivity index (χ3n) is 4.22. The molecule has 7 heteroatoms. The summed E-state index contributed by atoms with van der Waals surface area (Å²) in [6.45, 7) is 4.97.